The Balaban J connectivity index is 1.97. The van der Waals surface area contributed by atoms with Gasteiger partial charge in [-0.1, -0.05) is 12.1 Å². The van der Waals surface area contributed by atoms with E-state index in [2.05, 4.69) is 4.98 Å². The number of aromatic nitrogens is 1. The van der Waals surface area contributed by atoms with Crippen LogP contribution >= 0.6 is 0 Å². The Morgan fingerprint density at radius 3 is 2.56 bits per heavy atom. The minimum absolute atomic E-state index is 0.0299. The molecule has 1 N–H and O–H groups in total. The molecule has 128 valence electrons. The van der Waals surface area contributed by atoms with Gasteiger partial charge in [-0.05, 0) is 50.2 Å². The third-order valence-corrected chi connectivity index (χ3v) is 3.71. The van der Waals surface area contributed by atoms with Gasteiger partial charge in [0.1, 0.15) is 5.82 Å². The number of rotatable bonds is 5. The first-order valence-electron chi connectivity index (χ1n) is 7.80. The zero-order valence-electron chi connectivity index (χ0n) is 13.8. The van der Waals surface area contributed by atoms with Crippen molar-refractivity contribution >= 4 is 17.7 Å². The van der Waals surface area contributed by atoms with E-state index in [1.807, 2.05) is 18.7 Å². The number of carbonyl (C=O) groups is 1. The molecule has 0 spiro atoms. The van der Waals surface area contributed by atoms with Crippen LogP contribution in [0.2, 0.25) is 0 Å². The first kappa shape index (κ1) is 16.7. The number of anilines is 2. The van der Waals surface area contributed by atoms with Gasteiger partial charge in [0.05, 0.1) is 11.8 Å². The average Bonchev–Trinajstić information content (AvgIpc) is 3.06. The summed E-state index contributed by atoms with van der Waals surface area (Å²) < 4.78 is 19.0. The number of aromatic carboxylic acids is 1. The molecule has 0 unspecified atom stereocenters. The number of hydrogen-bond donors (Lipinski definition) is 1. The predicted octanol–water partition coefficient (Wildman–Crippen LogP) is 4.73. The van der Waals surface area contributed by atoms with Gasteiger partial charge in [-0.25, -0.2) is 14.2 Å². The van der Waals surface area contributed by atoms with Crippen LogP contribution in [0.25, 0.3) is 11.3 Å². The summed E-state index contributed by atoms with van der Waals surface area (Å²) in [5.41, 5.74) is 1.56. The summed E-state index contributed by atoms with van der Waals surface area (Å²) in [7, 11) is 0. The molecule has 0 radical (unpaired) electrons. The number of halogens is 1. The molecule has 3 rings (SSSR count). The molecule has 0 bridgehead atoms. The molecule has 6 heteroatoms. The first-order chi connectivity index (χ1) is 12.0. The molecular weight excluding hydrogens is 323 g/mol. The summed E-state index contributed by atoms with van der Waals surface area (Å²) in [5, 5.41) is 9.11. The van der Waals surface area contributed by atoms with Crippen LogP contribution in [-0.4, -0.2) is 22.1 Å². The molecule has 0 saturated heterocycles. The second-order valence-corrected chi connectivity index (χ2v) is 5.83. The Kier molecular flexibility index (Phi) is 4.52. The van der Waals surface area contributed by atoms with Crippen LogP contribution < -0.4 is 4.90 Å². The summed E-state index contributed by atoms with van der Waals surface area (Å²) in [6, 6.07) is 12.9. The van der Waals surface area contributed by atoms with Gasteiger partial charge in [-0.3, -0.25) is 4.90 Å². The van der Waals surface area contributed by atoms with Gasteiger partial charge in [0.25, 0.3) is 0 Å². The van der Waals surface area contributed by atoms with Gasteiger partial charge in [0.15, 0.2) is 5.76 Å². The van der Waals surface area contributed by atoms with Gasteiger partial charge < -0.3 is 9.52 Å². The van der Waals surface area contributed by atoms with Crippen molar-refractivity contribution in [3.63, 3.8) is 0 Å². The smallest absolute Gasteiger partial charge is 0.335 e. The van der Waals surface area contributed by atoms with E-state index >= 15 is 0 Å². The van der Waals surface area contributed by atoms with Crippen molar-refractivity contribution in [1.82, 2.24) is 4.98 Å². The van der Waals surface area contributed by atoms with Crippen LogP contribution in [0.4, 0.5) is 16.1 Å². The molecule has 0 aliphatic carbocycles. The predicted molar refractivity (Wildman–Crippen MR) is 92.6 cm³/mol. The third-order valence-electron chi connectivity index (χ3n) is 3.71. The molecule has 0 aliphatic rings. The zero-order chi connectivity index (χ0) is 18.0. The highest BCUT2D eigenvalue weighted by atomic mass is 19.1. The Bertz CT molecular complexity index is 888. The highest BCUT2D eigenvalue weighted by molar-refractivity contribution is 5.89. The molecule has 0 atom stereocenters. The van der Waals surface area contributed by atoms with E-state index in [-0.39, 0.29) is 17.4 Å². The van der Waals surface area contributed by atoms with E-state index in [1.165, 1.54) is 24.3 Å². The van der Waals surface area contributed by atoms with E-state index in [1.54, 1.807) is 30.5 Å². The molecule has 0 amide bonds. The fraction of sp³-hybridized carbons (Fsp3) is 0.158. The second-order valence-electron chi connectivity index (χ2n) is 5.83. The Morgan fingerprint density at radius 1 is 1.20 bits per heavy atom. The van der Waals surface area contributed by atoms with Crippen molar-refractivity contribution in [2.75, 3.05) is 4.90 Å². The lowest BCUT2D eigenvalue weighted by Gasteiger charge is -2.24. The van der Waals surface area contributed by atoms with Crippen LogP contribution in [0.15, 0.2) is 59.1 Å². The lowest BCUT2D eigenvalue weighted by molar-refractivity contribution is 0.0697. The minimum Gasteiger partial charge on any atom is -0.478 e. The Hall–Kier alpha value is -3.15. The quantitative estimate of drug-likeness (QED) is 0.727. The summed E-state index contributed by atoms with van der Waals surface area (Å²) in [4.78, 5) is 17.3. The number of carboxylic acids is 1. The molecule has 25 heavy (non-hydrogen) atoms. The number of nitrogens with zero attached hydrogens (tertiary/aromatic N) is 2. The maximum Gasteiger partial charge on any atom is 0.335 e. The summed E-state index contributed by atoms with van der Waals surface area (Å²) in [6.45, 7) is 3.94. The van der Waals surface area contributed by atoms with Crippen LogP contribution in [0, 0.1) is 5.82 Å². The standard InChI is InChI=1S/C19H17FN2O3/c1-12(2)22(16-8-6-15(20)7-9-16)19-21-11-17(25-19)13-4-3-5-14(10-13)18(23)24/h3-12H,1-2H3,(H,23,24). The van der Waals surface area contributed by atoms with E-state index in [9.17, 15) is 9.18 Å². The topological polar surface area (TPSA) is 66.6 Å². The molecule has 0 saturated carbocycles. The fourth-order valence-electron chi connectivity index (χ4n) is 2.55. The van der Waals surface area contributed by atoms with Gasteiger partial charge in [0, 0.05) is 17.3 Å². The van der Waals surface area contributed by atoms with Crippen LogP contribution in [-0.2, 0) is 0 Å². The number of benzene rings is 2. The highest BCUT2D eigenvalue weighted by Crippen LogP contribution is 2.31. The molecule has 0 fully saturated rings. The van der Waals surface area contributed by atoms with Crippen molar-refractivity contribution in [3.05, 3.63) is 66.1 Å². The lowest BCUT2D eigenvalue weighted by Crippen LogP contribution is -2.25. The fourth-order valence-corrected chi connectivity index (χ4v) is 2.55. The molecule has 5 nitrogen and oxygen atoms in total. The van der Waals surface area contributed by atoms with Gasteiger partial charge in [-0.2, -0.15) is 0 Å². The molecule has 3 aromatic rings. The largest absolute Gasteiger partial charge is 0.478 e. The number of oxazole rings is 1. The van der Waals surface area contributed by atoms with E-state index in [4.69, 9.17) is 9.52 Å². The van der Waals surface area contributed by atoms with E-state index in [0.717, 1.165) is 5.69 Å². The minimum atomic E-state index is -1.00. The third kappa shape index (κ3) is 3.52. The first-order valence-corrected chi connectivity index (χ1v) is 7.80. The Morgan fingerprint density at radius 2 is 1.92 bits per heavy atom. The SMILES string of the molecule is CC(C)N(c1ccc(F)cc1)c1ncc(-c2cccc(C(=O)O)c2)o1. The lowest BCUT2D eigenvalue weighted by atomic mass is 10.1. The van der Waals surface area contributed by atoms with Gasteiger partial charge in [-0.15, -0.1) is 0 Å². The van der Waals surface area contributed by atoms with Gasteiger partial charge in [0.2, 0.25) is 0 Å². The molecule has 1 aromatic heterocycles. The Labute approximate surface area is 144 Å². The van der Waals surface area contributed by atoms with Crippen molar-refractivity contribution in [2.45, 2.75) is 19.9 Å². The highest BCUT2D eigenvalue weighted by Gasteiger charge is 2.19. The van der Waals surface area contributed by atoms with Crippen molar-refractivity contribution in [1.29, 1.82) is 0 Å². The summed E-state index contributed by atoms with van der Waals surface area (Å²) in [6.07, 6.45) is 1.55. The maximum absolute atomic E-state index is 13.2. The summed E-state index contributed by atoms with van der Waals surface area (Å²) in [5.74, 6) is -0.853. The van der Waals surface area contributed by atoms with Crippen molar-refractivity contribution in [3.8, 4) is 11.3 Å². The number of carboxylic acid groups (broad SMARTS) is 1. The van der Waals surface area contributed by atoms with Gasteiger partial charge >= 0.3 is 12.0 Å². The van der Waals surface area contributed by atoms with Crippen molar-refractivity contribution in [2.24, 2.45) is 0 Å². The normalized spacial score (nSPS) is 10.9. The van der Waals surface area contributed by atoms with E-state index < -0.39 is 5.97 Å². The average molecular weight is 340 g/mol. The van der Waals surface area contributed by atoms with Crippen LogP contribution in [0.1, 0.15) is 24.2 Å². The van der Waals surface area contributed by atoms with Crippen LogP contribution in [0.5, 0.6) is 0 Å². The number of hydrogen-bond acceptors (Lipinski definition) is 4. The van der Waals surface area contributed by atoms with E-state index in [0.29, 0.717) is 17.3 Å². The molecule has 1 heterocycles. The monoisotopic (exact) mass is 340 g/mol. The summed E-state index contributed by atoms with van der Waals surface area (Å²) >= 11 is 0. The molecule has 0 aliphatic heterocycles. The molecule has 2 aromatic carbocycles. The maximum atomic E-state index is 13.2. The van der Waals surface area contributed by atoms with Crippen LogP contribution in [0.3, 0.4) is 0 Å². The van der Waals surface area contributed by atoms with Crippen molar-refractivity contribution < 1.29 is 18.7 Å². The zero-order valence-corrected chi connectivity index (χ0v) is 13.8. The second kappa shape index (κ2) is 6.76. The molecular formula is C19H17FN2O3.